The van der Waals surface area contributed by atoms with Crippen molar-refractivity contribution in [2.45, 2.75) is 19.4 Å². The van der Waals surface area contributed by atoms with E-state index in [1.807, 2.05) is 24.0 Å². The molecule has 0 fully saturated rings. The van der Waals surface area contributed by atoms with Gasteiger partial charge < -0.3 is 14.6 Å². The second-order valence-electron chi connectivity index (χ2n) is 3.89. The van der Waals surface area contributed by atoms with Crippen molar-refractivity contribution in [1.82, 2.24) is 14.5 Å². The summed E-state index contributed by atoms with van der Waals surface area (Å²) in [6, 6.07) is 0. The van der Waals surface area contributed by atoms with Crippen molar-refractivity contribution in [1.29, 1.82) is 0 Å². The summed E-state index contributed by atoms with van der Waals surface area (Å²) in [6.45, 7) is 2.55. The van der Waals surface area contributed by atoms with E-state index in [1.165, 1.54) is 0 Å². The minimum Gasteiger partial charge on any atom is -0.385 e. The van der Waals surface area contributed by atoms with Gasteiger partial charge in [-0.05, 0) is 6.42 Å². The van der Waals surface area contributed by atoms with E-state index in [1.54, 1.807) is 18.4 Å². The van der Waals surface area contributed by atoms with Crippen LogP contribution in [0.1, 0.15) is 11.4 Å². The van der Waals surface area contributed by atoms with Crippen LogP contribution < -0.4 is 5.32 Å². The number of rotatable bonds is 8. The maximum atomic E-state index is 5.05. The quantitative estimate of drug-likeness (QED) is 0.743. The molecule has 98 valence electrons. The third-order valence-corrected chi connectivity index (χ3v) is 3.41. The summed E-state index contributed by atoms with van der Waals surface area (Å²) in [6.07, 6.45) is 7.57. The lowest BCUT2D eigenvalue weighted by Crippen LogP contribution is -2.11. The molecule has 0 spiro atoms. The summed E-state index contributed by atoms with van der Waals surface area (Å²) in [5.74, 6) is 0.919. The first-order valence-electron chi connectivity index (χ1n) is 6.02. The van der Waals surface area contributed by atoms with E-state index in [0.29, 0.717) is 0 Å². The lowest BCUT2D eigenvalue weighted by molar-refractivity contribution is 0.190. The zero-order chi connectivity index (χ0) is 12.6. The van der Waals surface area contributed by atoms with Crippen LogP contribution in [0, 0.1) is 0 Å². The van der Waals surface area contributed by atoms with Crippen molar-refractivity contribution in [3.05, 3.63) is 29.0 Å². The number of thiazole rings is 1. The van der Waals surface area contributed by atoms with Crippen LogP contribution in [0.15, 0.2) is 24.0 Å². The predicted octanol–water partition coefficient (Wildman–Crippen LogP) is 2.03. The fourth-order valence-corrected chi connectivity index (χ4v) is 2.31. The zero-order valence-corrected chi connectivity index (χ0v) is 11.3. The molecule has 18 heavy (non-hydrogen) atoms. The van der Waals surface area contributed by atoms with Gasteiger partial charge in [-0.15, -0.1) is 11.3 Å². The van der Waals surface area contributed by atoms with Crippen LogP contribution in [0.2, 0.25) is 0 Å². The first-order valence-corrected chi connectivity index (χ1v) is 6.90. The number of ether oxygens (including phenoxy) is 1. The lowest BCUT2D eigenvalue weighted by Gasteiger charge is -2.08. The van der Waals surface area contributed by atoms with E-state index in [4.69, 9.17) is 4.74 Å². The molecule has 0 saturated carbocycles. The summed E-state index contributed by atoms with van der Waals surface area (Å²) in [5.41, 5.74) is 0. The number of nitrogens with zero attached hydrogens (tertiary/aromatic N) is 3. The summed E-state index contributed by atoms with van der Waals surface area (Å²) in [4.78, 5) is 8.56. The van der Waals surface area contributed by atoms with Gasteiger partial charge in [0, 0.05) is 57.2 Å². The van der Waals surface area contributed by atoms with Gasteiger partial charge in [0.25, 0.3) is 0 Å². The molecule has 2 aromatic heterocycles. The Balaban J connectivity index is 1.76. The van der Waals surface area contributed by atoms with Crippen LogP contribution in [0.5, 0.6) is 0 Å². The van der Waals surface area contributed by atoms with Crippen molar-refractivity contribution >= 4 is 17.3 Å². The second kappa shape index (κ2) is 7.13. The molecule has 0 bridgehead atoms. The van der Waals surface area contributed by atoms with Gasteiger partial charge in [-0.2, -0.15) is 0 Å². The highest BCUT2D eigenvalue weighted by molar-refractivity contribution is 7.09. The van der Waals surface area contributed by atoms with Crippen LogP contribution in [0.3, 0.4) is 0 Å². The average Bonchev–Trinajstić information content (AvgIpc) is 3.02. The molecule has 0 atom stereocenters. The number of hydrogen-bond acceptors (Lipinski definition) is 5. The second-order valence-corrected chi connectivity index (χ2v) is 4.87. The van der Waals surface area contributed by atoms with E-state index in [-0.39, 0.29) is 0 Å². The smallest absolute Gasteiger partial charge is 0.202 e. The van der Waals surface area contributed by atoms with Crippen molar-refractivity contribution in [2.24, 2.45) is 0 Å². The molecule has 0 unspecified atom stereocenters. The fraction of sp³-hybridized carbons (Fsp3) is 0.500. The van der Waals surface area contributed by atoms with Gasteiger partial charge in [0.15, 0.2) is 0 Å². The van der Waals surface area contributed by atoms with Crippen LogP contribution in [-0.2, 0) is 17.7 Å². The number of anilines is 1. The molecular weight excluding hydrogens is 248 g/mol. The van der Waals surface area contributed by atoms with Gasteiger partial charge in [-0.25, -0.2) is 9.97 Å². The molecule has 0 aliphatic heterocycles. The summed E-state index contributed by atoms with van der Waals surface area (Å²) >= 11 is 1.69. The number of imidazole rings is 1. The molecular formula is C12H18N4OS. The third kappa shape index (κ3) is 3.82. The van der Waals surface area contributed by atoms with E-state index >= 15 is 0 Å². The summed E-state index contributed by atoms with van der Waals surface area (Å²) < 4.78 is 7.16. The molecule has 0 radical (unpaired) electrons. The molecule has 2 heterocycles. The Morgan fingerprint density at radius 2 is 2.33 bits per heavy atom. The van der Waals surface area contributed by atoms with Gasteiger partial charge >= 0.3 is 0 Å². The van der Waals surface area contributed by atoms with E-state index in [2.05, 4.69) is 19.9 Å². The predicted molar refractivity (Wildman–Crippen MR) is 73.0 cm³/mol. The minimum atomic E-state index is 0.775. The highest BCUT2D eigenvalue weighted by Crippen LogP contribution is 2.08. The van der Waals surface area contributed by atoms with Crippen LogP contribution >= 0.6 is 11.3 Å². The Kier molecular flexibility index (Phi) is 5.16. The Labute approximate surface area is 111 Å². The number of nitrogens with one attached hydrogen (secondary N) is 1. The largest absolute Gasteiger partial charge is 0.385 e. The van der Waals surface area contributed by atoms with Gasteiger partial charge in [0.1, 0.15) is 0 Å². The van der Waals surface area contributed by atoms with Crippen LogP contribution in [-0.4, -0.2) is 34.8 Å². The topological polar surface area (TPSA) is 52.0 Å². The Bertz CT molecular complexity index is 441. The highest BCUT2D eigenvalue weighted by Gasteiger charge is 2.02. The minimum absolute atomic E-state index is 0.775. The number of hydrogen-bond donors (Lipinski definition) is 1. The molecule has 1 N–H and O–H groups in total. The molecule has 0 aliphatic rings. The molecule has 0 saturated heterocycles. The Morgan fingerprint density at radius 1 is 1.39 bits per heavy atom. The summed E-state index contributed by atoms with van der Waals surface area (Å²) in [5, 5.41) is 6.49. The van der Waals surface area contributed by atoms with Gasteiger partial charge in [-0.1, -0.05) is 0 Å². The molecule has 0 amide bonds. The number of aromatic nitrogens is 3. The Morgan fingerprint density at radius 3 is 3.11 bits per heavy atom. The van der Waals surface area contributed by atoms with Gasteiger partial charge in [0.2, 0.25) is 5.95 Å². The SMILES string of the molecule is COCCCn1ccnc1NCCc1nccs1. The monoisotopic (exact) mass is 266 g/mol. The fourth-order valence-electron chi connectivity index (χ4n) is 1.69. The molecule has 5 nitrogen and oxygen atoms in total. The molecule has 0 aromatic carbocycles. The average molecular weight is 266 g/mol. The van der Waals surface area contributed by atoms with E-state index in [9.17, 15) is 0 Å². The first kappa shape index (κ1) is 13.0. The zero-order valence-electron chi connectivity index (χ0n) is 10.5. The van der Waals surface area contributed by atoms with E-state index < -0.39 is 0 Å². The first-order chi connectivity index (χ1) is 8.90. The summed E-state index contributed by atoms with van der Waals surface area (Å²) in [7, 11) is 1.72. The van der Waals surface area contributed by atoms with Crippen molar-refractivity contribution in [2.75, 3.05) is 25.6 Å². The maximum absolute atomic E-state index is 5.05. The van der Waals surface area contributed by atoms with Crippen molar-refractivity contribution in [3.63, 3.8) is 0 Å². The molecule has 0 aliphatic carbocycles. The van der Waals surface area contributed by atoms with Crippen LogP contribution in [0.25, 0.3) is 0 Å². The molecule has 2 rings (SSSR count). The van der Waals surface area contributed by atoms with Crippen LogP contribution in [0.4, 0.5) is 5.95 Å². The molecule has 6 heteroatoms. The molecule has 2 aromatic rings. The maximum Gasteiger partial charge on any atom is 0.202 e. The number of methoxy groups -OCH3 is 1. The van der Waals surface area contributed by atoms with Crippen molar-refractivity contribution < 1.29 is 4.74 Å². The highest BCUT2D eigenvalue weighted by atomic mass is 32.1. The third-order valence-electron chi connectivity index (χ3n) is 2.57. The van der Waals surface area contributed by atoms with E-state index in [0.717, 1.165) is 43.5 Å². The Hall–Kier alpha value is -1.40. The standard InChI is InChI=1S/C12H18N4OS/c1-17-9-2-7-16-8-5-15-12(16)14-4-3-11-13-6-10-18-11/h5-6,8,10H,2-4,7,9H2,1H3,(H,14,15). The lowest BCUT2D eigenvalue weighted by atomic mass is 10.4. The normalized spacial score (nSPS) is 10.7. The van der Waals surface area contributed by atoms with Gasteiger partial charge in [-0.3, -0.25) is 0 Å². The van der Waals surface area contributed by atoms with Crippen molar-refractivity contribution in [3.8, 4) is 0 Å². The number of aryl methyl sites for hydroxylation is 1. The van der Waals surface area contributed by atoms with Gasteiger partial charge in [0.05, 0.1) is 5.01 Å².